The van der Waals surface area contributed by atoms with E-state index in [0.29, 0.717) is 5.69 Å². The minimum absolute atomic E-state index is 0.0616. The molecule has 0 bridgehead atoms. The van der Waals surface area contributed by atoms with E-state index in [9.17, 15) is 0 Å². The van der Waals surface area contributed by atoms with Crippen LogP contribution in [0.4, 0.5) is 0 Å². The fourth-order valence-electron chi connectivity index (χ4n) is 1.41. The van der Waals surface area contributed by atoms with Gasteiger partial charge in [-0.05, 0) is 6.92 Å². The van der Waals surface area contributed by atoms with E-state index in [1.54, 1.807) is 6.20 Å². The first kappa shape index (κ1) is 9.80. The molecule has 1 aromatic heterocycles. The van der Waals surface area contributed by atoms with Crippen LogP contribution in [0.2, 0.25) is 0 Å². The van der Waals surface area contributed by atoms with Crippen molar-refractivity contribution in [3.8, 4) is 11.3 Å². The molecule has 0 spiro atoms. The molecule has 2 rings (SSSR count). The molecule has 0 aliphatic rings. The minimum atomic E-state index is -0.0616. The maximum Gasteiger partial charge on any atom is 0.0888 e. The highest BCUT2D eigenvalue weighted by Gasteiger charge is 2.03. The van der Waals surface area contributed by atoms with Crippen LogP contribution >= 0.6 is 0 Å². The first-order chi connectivity index (χ1) is 7.31. The molecule has 15 heavy (non-hydrogen) atoms. The highest BCUT2D eigenvalue weighted by molar-refractivity contribution is 5.57. The molecule has 0 radical (unpaired) electrons. The van der Waals surface area contributed by atoms with E-state index < -0.39 is 0 Å². The Kier molecular flexibility index (Phi) is 2.74. The fourth-order valence-corrected chi connectivity index (χ4v) is 1.41. The van der Waals surface area contributed by atoms with Gasteiger partial charge in [-0.25, -0.2) is 4.98 Å². The van der Waals surface area contributed by atoms with E-state index in [1.807, 2.05) is 37.3 Å². The molecule has 0 aliphatic heterocycles. The normalized spacial score (nSPS) is 10.3. The third-order valence-electron chi connectivity index (χ3n) is 2.27. The Morgan fingerprint density at radius 3 is 2.53 bits per heavy atom. The van der Waals surface area contributed by atoms with Crippen molar-refractivity contribution < 1.29 is 5.11 Å². The third-order valence-corrected chi connectivity index (χ3v) is 2.27. The summed E-state index contributed by atoms with van der Waals surface area (Å²) < 4.78 is 0. The summed E-state index contributed by atoms with van der Waals surface area (Å²) in [5.74, 6) is 0. The van der Waals surface area contributed by atoms with Gasteiger partial charge in [0, 0.05) is 5.56 Å². The van der Waals surface area contributed by atoms with E-state index in [0.717, 1.165) is 17.0 Å². The van der Waals surface area contributed by atoms with Crippen LogP contribution < -0.4 is 0 Å². The number of benzene rings is 1. The highest BCUT2D eigenvalue weighted by atomic mass is 16.3. The van der Waals surface area contributed by atoms with Gasteiger partial charge in [-0.2, -0.15) is 0 Å². The summed E-state index contributed by atoms with van der Waals surface area (Å²) in [4.78, 5) is 8.55. The largest absolute Gasteiger partial charge is 0.390 e. The standard InChI is InChI=1S/C12H12N2O/c1-9-12(8-15)13-7-11(14-9)10-5-3-2-4-6-10/h2-7,15H,8H2,1H3. The molecule has 3 nitrogen and oxygen atoms in total. The Bertz CT molecular complexity index is 454. The third kappa shape index (κ3) is 2.02. The van der Waals surface area contributed by atoms with E-state index in [2.05, 4.69) is 9.97 Å². The van der Waals surface area contributed by atoms with Gasteiger partial charge < -0.3 is 5.11 Å². The van der Waals surface area contributed by atoms with Gasteiger partial charge in [0.05, 0.1) is 29.9 Å². The molecule has 1 aromatic carbocycles. The zero-order valence-corrected chi connectivity index (χ0v) is 8.51. The molecule has 1 N–H and O–H groups in total. The summed E-state index contributed by atoms with van der Waals surface area (Å²) in [6.07, 6.45) is 1.69. The summed E-state index contributed by atoms with van der Waals surface area (Å²) in [7, 11) is 0. The van der Waals surface area contributed by atoms with Gasteiger partial charge in [-0.1, -0.05) is 30.3 Å². The Hall–Kier alpha value is -1.74. The predicted octanol–water partition coefficient (Wildman–Crippen LogP) is 1.94. The van der Waals surface area contributed by atoms with Gasteiger partial charge in [0.1, 0.15) is 0 Å². The van der Waals surface area contributed by atoms with Crippen LogP contribution in [0.25, 0.3) is 11.3 Å². The summed E-state index contributed by atoms with van der Waals surface area (Å²) >= 11 is 0. The lowest BCUT2D eigenvalue weighted by Crippen LogP contribution is -1.98. The number of aliphatic hydroxyl groups is 1. The van der Waals surface area contributed by atoms with Gasteiger partial charge in [-0.3, -0.25) is 4.98 Å². The molecule has 0 saturated heterocycles. The summed E-state index contributed by atoms with van der Waals surface area (Å²) in [6.45, 7) is 1.79. The Morgan fingerprint density at radius 2 is 1.93 bits per heavy atom. The average Bonchev–Trinajstić information content (AvgIpc) is 2.30. The number of aromatic nitrogens is 2. The quantitative estimate of drug-likeness (QED) is 0.805. The van der Waals surface area contributed by atoms with Crippen LogP contribution in [0.15, 0.2) is 36.5 Å². The van der Waals surface area contributed by atoms with Crippen molar-refractivity contribution in [1.29, 1.82) is 0 Å². The number of rotatable bonds is 2. The lowest BCUT2D eigenvalue weighted by molar-refractivity contribution is 0.275. The maximum absolute atomic E-state index is 8.98. The molecule has 3 heteroatoms. The summed E-state index contributed by atoms with van der Waals surface area (Å²) in [5, 5.41) is 8.98. The molecule has 0 fully saturated rings. The van der Waals surface area contributed by atoms with E-state index in [-0.39, 0.29) is 6.61 Å². The predicted molar refractivity (Wildman–Crippen MR) is 58.1 cm³/mol. The first-order valence-corrected chi connectivity index (χ1v) is 4.80. The number of hydrogen-bond donors (Lipinski definition) is 1. The Morgan fingerprint density at radius 1 is 1.20 bits per heavy atom. The topological polar surface area (TPSA) is 46.0 Å². The molecule has 2 aromatic rings. The van der Waals surface area contributed by atoms with Crippen molar-refractivity contribution in [2.24, 2.45) is 0 Å². The second-order valence-corrected chi connectivity index (χ2v) is 3.31. The second kappa shape index (κ2) is 4.19. The van der Waals surface area contributed by atoms with Crippen molar-refractivity contribution in [2.45, 2.75) is 13.5 Å². The van der Waals surface area contributed by atoms with Crippen molar-refractivity contribution in [2.75, 3.05) is 0 Å². The molecule has 0 atom stereocenters. The van der Waals surface area contributed by atoms with Crippen LogP contribution in [-0.4, -0.2) is 15.1 Å². The molecular formula is C12H12N2O. The lowest BCUT2D eigenvalue weighted by Gasteiger charge is -2.04. The molecular weight excluding hydrogens is 188 g/mol. The van der Waals surface area contributed by atoms with Crippen LogP contribution in [0.5, 0.6) is 0 Å². The summed E-state index contributed by atoms with van der Waals surface area (Å²) in [6, 6.07) is 9.87. The van der Waals surface area contributed by atoms with Crippen molar-refractivity contribution in [1.82, 2.24) is 9.97 Å². The molecule has 0 aliphatic carbocycles. The van der Waals surface area contributed by atoms with Gasteiger partial charge >= 0.3 is 0 Å². The molecule has 76 valence electrons. The van der Waals surface area contributed by atoms with E-state index >= 15 is 0 Å². The van der Waals surface area contributed by atoms with Crippen LogP contribution in [-0.2, 0) is 6.61 Å². The smallest absolute Gasteiger partial charge is 0.0888 e. The van der Waals surface area contributed by atoms with Crippen molar-refractivity contribution >= 4 is 0 Å². The van der Waals surface area contributed by atoms with Crippen molar-refractivity contribution in [3.63, 3.8) is 0 Å². The van der Waals surface area contributed by atoms with Gasteiger partial charge in [0.2, 0.25) is 0 Å². The molecule has 0 unspecified atom stereocenters. The number of aryl methyl sites for hydroxylation is 1. The average molecular weight is 200 g/mol. The fraction of sp³-hybridized carbons (Fsp3) is 0.167. The Labute approximate surface area is 88.5 Å². The van der Waals surface area contributed by atoms with E-state index in [1.165, 1.54) is 0 Å². The van der Waals surface area contributed by atoms with Gasteiger partial charge in [-0.15, -0.1) is 0 Å². The highest BCUT2D eigenvalue weighted by Crippen LogP contribution is 2.16. The van der Waals surface area contributed by atoms with Crippen LogP contribution in [0.1, 0.15) is 11.4 Å². The number of aliphatic hydroxyl groups excluding tert-OH is 1. The monoisotopic (exact) mass is 200 g/mol. The minimum Gasteiger partial charge on any atom is -0.390 e. The second-order valence-electron chi connectivity index (χ2n) is 3.31. The summed E-state index contributed by atoms with van der Waals surface area (Å²) in [5.41, 5.74) is 3.29. The lowest BCUT2D eigenvalue weighted by atomic mass is 10.1. The van der Waals surface area contributed by atoms with Crippen LogP contribution in [0, 0.1) is 6.92 Å². The SMILES string of the molecule is Cc1nc(-c2ccccc2)cnc1CO. The maximum atomic E-state index is 8.98. The molecule has 0 amide bonds. The number of nitrogens with zero attached hydrogens (tertiary/aromatic N) is 2. The van der Waals surface area contributed by atoms with E-state index in [4.69, 9.17) is 5.11 Å². The van der Waals surface area contributed by atoms with Crippen LogP contribution in [0.3, 0.4) is 0 Å². The zero-order valence-electron chi connectivity index (χ0n) is 8.51. The zero-order chi connectivity index (χ0) is 10.7. The van der Waals surface area contributed by atoms with Gasteiger partial charge in [0.15, 0.2) is 0 Å². The molecule has 1 heterocycles. The first-order valence-electron chi connectivity index (χ1n) is 4.80. The molecule has 0 saturated carbocycles. The van der Waals surface area contributed by atoms with Gasteiger partial charge in [0.25, 0.3) is 0 Å². The number of hydrogen-bond acceptors (Lipinski definition) is 3. The van der Waals surface area contributed by atoms with Crippen molar-refractivity contribution in [3.05, 3.63) is 47.9 Å². The Balaban J connectivity index is 2.43.